The molecule has 0 N–H and O–H groups in total. The van der Waals surface area contributed by atoms with Crippen LogP contribution in [-0.4, -0.2) is 9.91 Å². The second kappa shape index (κ2) is 6.05. The SMILES string of the molecule is [2H][C@H]1CCc2c1ccc([N+](=O)[O-])c2Oc1cccc(-c2ncc(C)o2)c1. The molecular formula is C19H16N2O4. The Kier molecular flexibility index (Phi) is 3.44. The molecule has 0 aliphatic heterocycles. The van der Waals surface area contributed by atoms with Crippen molar-refractivity contribution in [2.75, 3.05) is 0 Å². The highest BCUT2D eigenvalue weighted by Gasteiger charge is 2.25. The average molecular weight is 337 g/mol. The standard InChI is InChI=1S/C19H16N2O4/c1-12-11-20-19(24-12)14-5-2-6-15(10-14)25-18-16-7-3-4-13(16)8-9-17(18)21(22)23/h2,5-6,8-11H,3-4,7H2,1H3/i4D/t4-/m0/s1. The van der Waals surface area contributed by atoms with Crippen molar-refractivity contribution in [1.29, 1.82) is 0 Å². The van der Waals surface area contributed by atoms with Crippen LogP contribution < -0.4 is 4.74 Å². The zero-order chi connectivity index (χ0) is 18.3. The first kappa shape index (κ1) is 14.2. The smallest absolute Gasteiger partial charge is 0.311 e. The molecule has 0 spiro atoms. The summed E-state index contributed by atoms with van der Waals surface area (Å²) in [7, 11) is 0. The third-order valence-corrected chi connectivity index (χ3v) is 4.15. The van der Waals surface area contributed by atoms with E-state index in [1.807, 2.05) is 13.0 Å². The first-order valence-corrected chi connectivity index (χ1v) is 7.96. The number of hydrogen-bond donors (Lipinski definition) is 0. The van der Waals surface area contributed by atoms with Crippen molar-refractivity contribution in [3.8, 4) is 23.0 Å². The van der Waals surface area contributed by atoms with Crippen molar-refractivity contribution >= 4 is 5.69 Å². The molecule has 6 nitrogen and oxygen atoms in total. The lowest BCUT2D eigenvalue weighted by Gasteiger charge is -2.11. The summed E-state index contributed by atoms with van der Waals surface area (Å²) in [5.41, 5.74) is 2.18. The fourth-order valence-corrected chi connectivity index (χ4v) is 3.01. The molecule has 0 fully saturated rings. The number of aryl methyl sites for hydroxylation is 2. The van der Waals surface area contributed by atoms with Crippen molar-refractivity contribution < 1.29 is 15.4 Å². The maximum atomic E-state index is 11.4. The summed E-state index contributed by atoms with van der Waals surface area (Å²) in [5, 5.41) is 11.4. The van der Waals surface area contributed by atoms with Gasteiger partial charge in [0, 0.05) is 18.6 Å². The van der Waals surface area contributed by atoms with Crippen LogP contribution in [0.2, 0.25) is 0 Å². The average Bonchev–Trinajstić information content (AvgIpc) is 3.22. The van der Waals surface area contributed by atoms with Gasteiger partial charge in [0.1, 0.15) is 11.5 Å². The first-order chi connectivity index (χ1) is 12.5. The Bertz CT molecular complexity index is 999. The molecule has 1 heterocycles. The predicted molar refractivity (Wildman–Crippen MR) is 91.9 cm³/mol. The Morgan fingerprint density at radius 2 is 2.24 bits per heavy atom. The molecule has 1 aliphatic rings. The largest absolute Gasteiger partial charge is 0.450 e. The molecule has 6 heteroatoms. The Balaban J connectivity index is 1.75. The summed E-state index contributed by atoms with van der Waals surface area (Å²) in [6.45, 7) is 1.81. The summed E-state index contributed by atoms with van der Waals surface area (Å²) in [6.07, 6.45) is 2.50. The van der Waals surface area contributed by atoms with Crippen molar-refractivity contribution in [1.82, 2.24) is 4.98 Å². The van der Waals surface area contributed by atoms with Crippen molar-refractivity contribution in [3.05, 3.63) is 69.6 Å². The molecule has 2 aromatic carbocycles. The van der Waals surface area contributed by atoms with Gasteiger partial charge in [-0.05, 0) is 49.9 Å². The van der Waals surface area contributed by atoms with Gasteiger partial charge in [0.05, 0.1) is 11.1 Å². The van der Waals surface area contributed by atoms with Crippen LogP contribution in [0.1, 0.15) is 24.7 Å². The molecule has 126 valence electrons. The van der Waals surface area contributed by atoms with Gasteiger partial charge in [0.25, 0.3) is 0 Å². The Morgan fingerprint density at radius 3 is 3.00 bits per heavy atom. The molecule has 0 amide bonds. The van der Waals surface area contributed by atoms with Gasteiger partial charge in [-0.3, -0.25) is 10.1 Å². The zero-order valence-electron chi connectivity index (χ0n) is 14.6. The quantitative estimate of drug-likeness (QED) is 0.503. The fourth-order valence-electron chi connectivity index (χ4n) is 3.01. The first-order valence-electron chi connectivity index (χ1n) is 8.54. The van der Waals surface area contributed by atoms with Crippen LogP contribution in [0.25, 0.3) is 11.5 Å². The number of nitrogens with zero attached hydrogens (tertiary/aromatic N) is 2. The topological polar surface area (TPSA) is 78.4 Å². The van der Waals surface area contributed by atoms with E-state index in [0.29, 0.717) is 30.2 Å². The van der Waals surface area contributed by atoms with Crippen LogP contribution in [0.4, 0.5) is 5.69 Å². The molecule has 25 heavy (non-hydrogen) atoms. The van der Waals surface area contributed by atoms with Crippen LogP contribution in [0.5, 0.6) is 11.5 Å². The summed E-state index contributed by atoms with van der Waals surface area (Å²) in [5.74, 6) is 1.85. The van der Waals surface area contributed by atoms with E-state index in [0.717, 1.165) is 16.7 Å². The maximum Gasteiger partial charge on any atom is 0.311 e. The third-order valence-electron chi connectivity index (χ3n) is 4.15. The van der Waals surface area contributed by atoms with Crippen LogP contribution in [0, 0.1) is 17.0 Å². The molecule has 0 radical (unpaired) electrons. The lowest BCUT2D eigenvalue weighted by atomic mass is 10.1. The maximum absolute atomic E-state index is 11.4. The summed E-state index contributed by atoms with van der Waals surface area (Å²) < 4.78 is 19.5. The molecule has 3 aromatic rings. The Morgan fingerprint density at radius 1 is 1.36 bits per heavy atom. The number of benzene rings is 2. The number of hydrogen-bond acceptors (Lipinski definition) is 5. The Labute approximate surface area is 145 Å². The van der Waals surface area contributed by atoms with E-state index in [1.54, 1.807) is 30.5 Å². The third kappa shape index (κ3) is 2.87. The lowest BCUT2D eigenvalue weighted by molar-refractivity contribution is -0.385. The zero-order valence-corrected chi connectivity index (χ0v) is 13.6. The van der Waals surface area contributed by atoms with E-state index in [4.69, 9.17) is 10.5 Å². The van der Waals surface area contributed by atoms with E-state index in [9.17, 15) is 10.1 Å². The van der Waals surface area contributed by atoms with E-state index < -0.39 is 4.92 Å². The van der Waals surface area contributed by atoms with Gasteiger partial charge in [0.15, 0.2) is 0 Å². The second-order valence-electron chi connectivity index (χ2n) is 5.89. The van der Waals surface area contributed by atoms with Gasteiger partial charge in [-0.25, -0.2) is 4.98 Å². The highest BCUT2D eigenvalue weighted by Crippen LogP contribution is 2.41. The number of fused-ring (bicyclic) bond motifs is 1. The van der Waals surface area contributed by atoms with Crippen LogP contribution in [-0.2, 0) is 12.8 Å². The van der Waals surface area contributed by atoms with Crippen molar-refractivity contribution in [2.24, 2.45) is 0 Å². The minimum Gasteiger partial charge on any atom is -0.450 e. The highest BCUT2D eigenvalue weighted by molar-refractivity contribution is 5.60. The van der Waals surface area contributed by atoms with Gasteiger partial charge in [-0.1, -0.05) is 12.1 Å². The molecule has 1 atom stereocenters. The van der Waals surface area contributed by atoms with Gasteiger partial charge < -0.3 is 9.15 Å². The molecule has 1 aromatic heterocycles. The fraction of sp³-hybridized carbons (Fsp3) is 0.211. The number of ether oxygens (including phenoxy) is 1. The van der Waals surface area contributed by atoms with E-state index >= 15 is 0 Å². The predicted octanol–water partition coefficient (Wildman–Crippen LogP) is 4.84. The van der Waals surface area contributed by atoms with E-state index in [1.165, 1.54) is 6.07 Å². The molecule has 4 rings (SSSR count). The molecule has 0 saturated heterocycles. The van der Waals surface area contributed by atoms with Crippen LogP contribution in [0.3, 0.4) is 0 Å². The minimum absolute atomic E-state index is 0.0878. The van der Waals surface area contributed by atoms with Gasteiger partial charge in [-0.2, -0.15) is 0 Å². The molecule has 0 unspecified atom stereocenters. The van der Waals surface area contributed by atoms with E-state index in [-0.39, 0.29) is 17.8 Å². The number of aromatic nitrogens is 1. The summed E-state index contributed by atoms with van der Waals surface area (Å²) >= 11 is 0. The van der Waals surface area contributed by atoms with Crippen LogP contribution in [0.15, 0.2) is 47.0 Å². The van der Waals surface area contributed by atoms with Gasteiger partial charge >= 0.3 is 5.69 Å². The number of nitro groups is 1. The highest BCUT2D eigenvalue weighted by atomic mass is 16.6. The monoisotopic (exact) mass is 337 g/mol. The summed E-state index contributed by atoms with van der Waals surface area (Å²) in [4.78, 5) is 15.2. The number of oxazole rings is 1. The van der Waals surface area contributed by atoms with Crippen molar-refractivity contribution in [3.63, 3.8) is 0 Å². The lowest BCUT2D eigenvalue weighted by Crippen LogP contribution is -1.98. The Hall–Kier alpha value is -3.15. The molecule has 0 saturated carbocycles. The number of nitro benzene ring substituents is 1. The molecule has 0 bridgehead atoms. The second-order valence-corrected chi connectivity index (χ2v) is 5.89. The van der Waals surface area contributed by atoms with Crippen LogP contribution >= 0.6 is 0 Å². The van der Waals surface area contributed by atoms with Gasteiger partial charge in [-0.15, -0.1) is 0 Å². The molecular weight excluding hydrogens is 320 g/mol. The number of rotatable bonds is 4. The van der Waals surface area contributed by atoms with E-state index in [2.05, 4.69) is 4.98 Å². The normalized spacial score (nSPS) is 16.4. The minimum atomic E-state index is -0.450. The summed E-state index contributed by atoms with van der Waals surface area (Å²) in [6, 6.07) is 10.2. The molecule has 1 aliphatic carbocycles. The van der Waals surface area contributed by atoms with Gasteiger partial charge in [0.2, 0.25) is 11.6 Å². The van der Waals surface area contributed by atoms with Crippen molar-refractivity contribution in [2.45, 2.75) is 26.2 Å².